The van der Waals surface area contributed by atoms with Crippen LogP contribution in [0.4, 0.5) is 0 Å². The van der Waals surface area contributed by atoms with Crippen molar-refractivity contribution in [2.75, 3.05) is 0 Å². The number of hydrogen-bond donors (Lipinski definition) is 0. The lowest BCUT2D eigenvalue weighted by Crippen LogP contribution is -2.46. The van der Waals surface area contributed by atoms with Crippen molar-refractivity contribution in [2.45, 2.75) is 120 Å². The standard InChI is InChI=1S/C28H48O2/c1-10-13-14-16-22(15-11-2)23-17-19-24(20-18-23)30-25(29)28(9,21-26(4,5)6)27(7,8)12-3/h17-20,22H,10-16,21H2,1-9H3. The molecule has 1 aromatic carbocycles. The van der Waals surface area contributed by atoms with Crippen molar-refractivity contribution in [3.05, 3.63) is 29.8 Å². The summed E-state index contributed by atoms with van der Waals surface area (Å²) in [6, 6.07) is 8.32. The Morgan fingerprint density at radius 3 is 1.93 bits per heavy atom. The summed E-state index contributed by atoms with van der Waals surface area (Å²) < 4.78 is 5.97. The Kier molecular flexibility index (Phi) is 10.1. The van der Waals surface area contributed by atoms with Gasteiger partial charge in [-0.3, -0.25) is 4.79 Å². The number of benzene rings is 1. The van der Waals surface area contributed by atoms with E-state index in [-0.39, 0.29) is 16.8 Å². The first kappa shape index (κ1) is 26.7. The summed E-state index contributed by atoms with van der Waals surface area (Å²) in [5, 5.41) is 0. The highest BCUT2D eigenvalue weighted by molar-refractivity contribution is 5.79. The fourth-order valence-corrected chi connectivity index (χ4v) is 4.53. The van der Waals surface area contributed by atoms with Gasteiger partial charge in [-0.25, -0.2) is 0 Å². The second-order valence-corrected chi connectivity index (χ2v) is 11.2. The molecule has 172 valence electrons. The molecule has 0 aliphatic heterocycles. The fraction of sp³-hybridized carbons (Fsp3) is 0.750. The maximum Gasteiger partial charge on any atom is 0.317 e. The van der Waals surface area contributed by atoms with E-state index in [2.05, 4.69) is 74.4 Å². The first-order chi connectivity index (χ1) is 13.9. The van der Waals surface area contributed by atoms with Crippen LogP contribution >= 0.6 is 0 Å². The van der Waals surface area contributed by atoms with Gasteiger partial charge >= 0.3 is 5.97 Å². The number of ether oxygens (including phenoxy) is 1. The van der Waals surface area contributed by atoms with Gasteiger partial charge in [0, 0.05) is 0 Å². The Morgan fingerprint density at radius 1 is 0.867 bits per heavy atom. The Hall–Kier alpha value is -1.31. The van der Waals surface area contributed by atoms with Gasteiger partial charge in [-0.2, -0.15) is 0 Å². The molecule has 0 aliphatic rings. The summed E-state index contributed by atoms with van der Waals surface area (Å²) in [7, 11) is 0. The molecule has 0 aliphatic carbocycles. The minimum atomic E-state index is -0.538. The van der Waals surface area contributed by atoms with E-state index in [0.29, 0.717) is 11.7 Å². The van der Waals surface area contributed by atoms with Crippen LogP contribution in [0.25, 0.3) is 0 Å². The van der Waals surface area contributed by atoms with Crippen molar-refractivity contribution in [3.8, 4) is 5.75 Å². The molecular formula is C28H48O2. The van der Waals surface area contributed by atoms with Gasteiger partial charge in [-0.05, 0) is 67.1 Å². The summed E-state index contributed by atoms with van der Waals surface area (Å²) >= 11 is 0. The van der Waals surface area contributed by atoms with Crippen LogP contribution < -0.4 is 4.74 Å². The largest absolute Gasteiger partial charge is 0.426 e. The summed E-state index contributed by atoms with van der Waals surface area (Å²) in [6.07, 6.45) is 9.24. The predicted octanol–water partition coefficient (Wildman–Crippen LogP) is 8.93. The maximum absolute atomic E-state index is 13.4. The Balaban J connectivity index is 3.00. The highest BCUT2D eigenvalue weighted by Gasteiger charge is 2.49. The number of carbonyl (C=O) groups is 1. The van der Waals surface area contributed by atoms with E-state index in [1.165, 1.54) is 44.1 Å². The van der Waals surface area contributed by atoms with Gasteiger partial charge in [0.05, 0.1) is 5.41 Å². The normalized spacial score (nSPS) is 15.5. The van der Waals surface area contributed by atoms with E-state index in [1.54, 1.807) is 0 Å². The zero-order valence-electron chi connectivity index (χ0n) is 21.4. The minimum absolute atomic E-state index is 0.0515. The first-order valence-electron chi connectivity index (χ1n) is 12.2. The molecule has 0 saturated heterocycles. The van der Waals surface area contributed by atoms with Crippen molar-refractivity contribution in [3.63, 3.8) is 0 Å². The van der Waals surface area contributed by atoms with Gasteiger partial charge in [0.15, 0.2) is 0 Å². The van der Waals surface area contributed by atoms with E-state index in [1.807, 2.05) is 12.1 Å². The average Bonchev–Trinajstić information content (AvgIpc) is 2.66. The zero-order chi connectivity index (χ0) is 23.0. The smallest absolute Gasteiger partial charge is 0.317 e. The van der Waals surface area contributed by atoms with Gasteiger partial charge in [0.1, 0.15) is 5.75 Å². The van der Waals surface area contributed by atoms with Crippen molar-refractivity contribution >= 4 is 5.97 Å². The summed E-state index contributed by atoms with van der Waals surface area (Å²) in [4.78, 5) is 13.4. The topological polar surface area (TPSA) is 26.3 Å². The lowest BCUT2D eigenvalue weighted by atomic mass is 9.59. The highest BCUT2D eigenvalue weighted by atomic mass is 16.5. The molecule has 0 aromatic heterocycles. The third-order valence-electron chi connectivity index (χ3n) is 7.07. The Labute approximate surface area is 187 Å². The molecule has 1 rings (SSSR count). The van der Waals surface area contributed by atoms with Gasteiger partial charge in [-0.15, -0.1) is 0 Å². The second-order valence-electron chi connectivity index (χ2n) is 11.2. The predicted molar refractivity (Wildman–Crippen MR) is 130 cm³/mol. The molecule has 2 unspecified atom stereocenters. The molecule has 2 atom stereocenters. The first-order valence-corrected chi connectivity index (χ1v) is 12.2. The molecule has 30 heavy (non-hydrogen) atoms. The number of carbonyl (C=O) groups excluding carboxylic acids is 1. The number of esters is 1. The molecule has 0 fully saturated rings. The summed E-state index contributed by atoms with van der Waals surface area (Å²) in [6.45, 7) is 19.7. The van der Waals surface area contributed by atoms with Gasteiger partial charge < -0.3 is 4.74 Å². The molecule has 1 aromatic rings. The van der Waals surface area contributed by atoms with Crippen LogP contribution in [-0.2, 0) is 4.79 Å². The van der Waals surface area contributed by atoms with E-state index < -0.39 is 5.41 Å². The quantitative estimate of drug-likeness (QED) is 0.193. The molecule has 0 spiro atoms. The lowest BCUT2D eigenvalue weighted by Gasteiger charge is -2.45. The highest BCUT2D eigenvalue weighted by Crippen LogP contribution is 2.49. The third kappa shape index (κ3) is 7.43. The van der Waals surface area contributed by atoms with Crippen LogP contribution in [0.2, 0.25) is 0 Å². The van der Waals surface area contributed by atoms with Crippen LogP contribution in [0, 0.1) is 16.2 Å². The molecule has 0 N–H and O–H groups in total. The summed E-state index contributed by atoms with van der Waals surface area (Å²) in [5.74, 6) is 1.17. The van der Waals surface area contributed by atoms with Crippen LogP contribution in [0.3, 0.4) is 0 Å². The molecule has 2 heteroatoms. The van der Waals surface area contributed by atoms with E-state index in [9.17, 15) is 4.79 Å². The van der Waals surface area contributed by atoms with Crippen LogP contribution in [0.1, 0.15) is 125 Å². The fourth-order valence-electron chi connectivity index (χ4n) is 4.53. The van der Waals surface area contributed by atoms with Crippen molar-refractivity contribution in [2.24, 2.45) is 16.2 Å². The third-order valence-corrected chi connectivity index (χ3v) is 7.07. The molecular weight excluding hydrogens is 368 g/mol. The average molecular weight is 417 g/mol. The van der Waals surface area contributed by atoms with E-state index in [0.717, 1.165) is 12.8 Å². The monoisotopic (exact) mass is 416 g/mol. The van der Waals surface area contributed by atoms with Crippen molar-refractivity contribution in [1.82, 2.24) is 0 Å². The van der Waals surface area contributed by atoms with Crippen LogP contribution in [0.5, 0.6) is 5.75 Å². The van der Waals surface area contributed by atoms with Gasteiger partial charge in [0.2, 0.25) is 0 Å². The molecule has 0 bridgehead atoms. The minimum Gasteiger partial charge on any atom is -0.426 e. The second kappa shape index (κ2) is 11.3. The molecule has 0 amide bonds. The summed E-state index contributed by atoms with van der Waals surface area (Å²) in [5.41, 5.74) is 0.751. The zero-order valence-corrected chi connectivity index (χ0v) is 21.4. The maximum atomic E-state index is 13.4. The molecule has 0 saturated carbocycles. The molecule has 0 heterocycles. The Bertz CT molecular complexity index is 636. The SMILES string of the molecule is CCCCCC(CCC)c1ccc(OC(=O)C(C)(CC(C)(C)C)C(C)(C)CC)cc1. The van der Waals surface area contributed by atoms with Crippen molar-refractivity contribution < 1.29 is 9.53 Å². The Morgan fingerprint density at radius 2 is 1.47 bits per heavy atom. The van der Waals surface area contributed by atoms with E-state index >= 15 is 0 Å². The molecule has 2 nitrogen and oxygen atoms in total. The lowest BCUT2D eigenvalue weighted by molar-refractivity contribution is -0.155. The number of rotatable bonds is 12. The van der Waals surface area contributed by atoms with Crippen LogP contribution in [0.15, 0.2) is 24.3 Å². The van der Waals surface area contributed by atoms with Gasteiger partial charge in [0.25, 0.3) is 0 Å². The van der Waals surface area contributed by atoms with E-state index in [4.69, 9.17) is 4.74 Å². The number of hydrogen-bond acceptors (Lipinski definition) is 2. The van der Waals surface area contributed by atoms with Crippen molar-refractivity contribution in [1.29, 1.82) is 0 Å². The number of unbranched alkanes of at least 4 members (excludes halogenated alkanes) is 2. The molecule has 0 radical (unpaired) electrons. The van der Waals surface area contributed by atoms with Crippen LogP contribution in [-0.4, -0.2) is 5.97 Å². The van der Waals surface area contributed by atoms with Gasteiger partial charge in [-0.1, -0.05) is 93.2 Å².